The molecule has 2 amide bonds. The maximum absolute atomic E-state index is 13.6. The molecule has 0 aliphatic heterocycles. The SMILES string of the molecule is CC(c1nc2ccccc2c(=O)n1-c1ccc(Cl)cc1)N(Cc1ccco1)C(=O)NC(C)(C)C. The molecule has 4 aromatic rings. The van der Waals surface area contributed by atoms with Gasteiger partial charge in [0.15, 0.2) is 0 Å². The van der Waals surface area contributed by atoms with E-state index in [0.717, 1.165) is 0 Å². The van der Waals surface area contributed by atoms with E-state index in [-0.39, 0.29) is 18.1 Å². The predicted molar refractivity (Wildman–Crippen MR) is 133 cm³/mol. The largest absolute Gasteiger partial charge is 0.467 e. The molecule has 2 aromatic carbocycles. The fourth-order valence-corrected chi connectivity index (χ4v) is 3.88. The highest BCUT2D eigenvalue weighted by molar-refractivity contribution is 6.30. The van der Waals surface area contributed by atoms with Crippen LogP contribution in [0.1, 0.15) is 45.3 Å². The predicted octanol–water partition coefficient (Wildman–Crippen LogP) is 5.70. The van der Waals surface area contributed by atoms with Gasteiger partial charge >= 0.3 is 6.03 Å². The van der Waals surface area contributed by atoms with Crippen LogP contribution < -0.4 is 10.9 Å². The first-order valence-electron chi connectivity index (χ1n) is 11.0. The molecule has 4 rings (SSSR count). The third kappa shape index (κ3) is 4.99. The third-order valence-electron chi connectivity index (χ3n) is 5.38. The van der Waals surface area contributed by atoms with Crippen LogP contribution in [0.2, 0.25) is 5.02 Å². The molecule has 2 aromatic heterocycles. The molecule has 2 heterocycles. The lowest BCUT2D eigenvalue weighted by atomic mass is 10.1. The second kappa shape index (κ2) is 9.35. The van der Waals surface area contributed by atoms with Gasteiger partial charge in [0.2, 0.25) is 0 Å². The molecular formula is C26H27ClN4O3. The van der Waals surface area contributed by atoms with Gasteiger partial charge in [0.1, 0.15) is 11.6 Å². The maximum atomic E-state index is 13.6. The van der Waals surface area contributed by atoms with Crippen molar-refractivity contribution in [2.24, 2.45) is 0 Å². The van der Waals surface area contributed by atoms with Crippen molar-refractivity contribution in [3.63, 3.8) is 0 Å². The lowest BCUT2D eigenvalue weighted by Crippen LogP contribution is -2.49. The van der Waals surface area contributed by atoms with E-state index in [1.165, 1.54) is 0 Å². The van der Waals surface area contributed by atoms with Crippen molar-refractivity contribution >= 4 is 28.5 Å². The molecule has 7 nitrogen and oxygen atoms in total. The first-order chi connectivity index (χ1) is 16.1. The van der Waals surface area contributed by atoms with Gasteiger partial charge in [-0.05, 0) is 76.2 Å². The summed E-state index contributed by atoms with van der Waals surface area (Å²) in [6.45, 7) is 7.81. The minimum atomic E-state index is -0.569. The summed E-state index contributed by atoms with van der Waals surface area (Å²) in [6.07, 6.45) is 1.57. The Morgan fingerprint density at radius 3 is 2.47 bits per heavy atom. The van der Waals surface area contributed by atoms with Gasteiger partial charge in [-0.15, -0.1) is 0 Å². The third-order valence-corrected chi connectivity index (χ3v) is 5.63. The van der Waals surface area contributed by atoms with Crippen LogP contribution in [0.3, 0.4) is 0 Å². The van der Waals surface area contributed by atoms with Crippen LogP contribution in [0.15, 0.2) is 76.1 Å². The second-order valence-electron chi connectivity index (χ2n) is 9.17. The summed E-state index contributed by atoms with van der Waals surface area (Å²) in [6, 6.07) is 16.9. The van der Waals surface area contributed by atoms with Crippen LogP contribution in [0.4, 0.5) is 4.79 Å². The fraction of sp³-hybridized carbons (Fsp3) is 0.269. The number of halogens is 1. The fourth-order valence-electron chi connectivity index (χ4n) is 3.76. The van der Waals surface area contributed by atoms with Gasteiger partial charge in [0.25, 0.3) is 5.56 Å². The van der Waals surface area contributed by atoms with Crippen LogP contribution in [-0.2, 0) is 6.54 Å². The smallest absolute Gasteiger partial charge is 0.318 e. The quantitative estimate of drug-likeness (QED) is 0.398. The average molecular weight is 479 g/mol. The van der Waals surface area contributed by atoms with Crippen molar-refractivity contribution in [3.05, 3.63) is 93.9 Å². The molecule has 0 bridgehead atoms. The van der Waals surface area contributed by atoms with Crippen LogP contribution in [0.5, 0.6) is 0 Å². The van der Waals surface area contributed by atoms with Crippen LogP contribution >= 0.6 is 11.6 Å². The van der Waals surface area contributed by atoms with Crippen LogP contribution in [-0.4, -0.2) is 26.0 Å². The standard InChI is InChI=1S/C26H27ClN4O3/c1-17(30(16-20-8-7-15-34-20)25(33)29-26(2,3)4)23-28-22-10-6-5-9-21(22)24(32)31(23)19-13-11-18(27)12-14-19/h5-15,17H,16H2,1-4H3,(H,29,33). The summed E-state index contributed by atoms with van der Waals surface area (Å²) >= 11 is 6.09. The number of benzene rings is 2. The first-order valence-corrected chi connectivity index (χ1v) is 11.4. The molecule has 1 atom stereocenters. The molecule has 1 N–H and O–H groups in total. The Morgan fingerprint density at radius 1 is 1.12 bits per heavy atom. The zero-order chi connectivity index (χ0) is 24.5. The number of nitrogens with one attached hydrogen (secondary N) is 1. The van der Waals surface area contributed by atoms with Gasteiger partial charge in [0.05, 0.1) is 35.4 Å². The monoisotopic (exact) mass is 478 g/mol. The number of hydrogen-bond acceptors (Lipinski definition) is 4. The molecule has 0 radical (unpaired) electrons. The number of nitrogens with zero attached hydrogens (tertiary/aromatic N) is 3. The number of urea groups is 1. The number of hydrogen-bond donors (Lipinski definition) is 1. The molecule has 1 unspecified atom stereocenters. The van der Waals surface area contributed by atoms with E-state index in [1.807, 2.05) is 39.8 Å². The van der Waals surface area contributed by atoms with Crippen molar-refractivity contribution in [1.29, 1.82) is 0 Å². The molecule has 8 heteroatoms. The van der Waals surface area contributed by atoms with Gasteiger partial charge < -0.3 is 14.6 Å². The van der Waals surface area contributed by atoms with E-state index in [2.05, 4.69) is 5.32 Å². The Balaban J connectivity index is 1.89. The molecule has 176 valence electrons. The van der Waals surface area contributed by atoms with Crippen LogP contribution in [0, 0.1) is 0 Å². The highest BCUT2D eigenvalue weighted by atomic mass is 35.5. The molecular weight excluding hydrogens is 452 g/mol. The molecule has 34 heavy (non-hydrogen) atoms. The number of fused-ring (bicyclic) bond motifs is 1. The normalized spacial score (nSPS) is 12.5. The van der Waals surface area contributed by atoms with Crippen molar-refractivity contribution in [2.45, 2.75) is 45.8 Å². The molecule has 0 saturated carbocycles. The minimum Gasteiger partial charge on any atom is -0.467 e. The van der Waals surface area contributed by atoms with Gasteiger partial charge in [-0.3, -0.25) is 9.36 Å². The van der Waals surface area contributed by atoms with Gasteiger partial charge in [-0.2, -0.15) is 0 Å². The van der Waals surface area contributed by atoms with E-state index in [1.54, 1.807) is 64.3 Å². The number of amides is 2. The highest BCUT2D eigenvalue weighted by Gasteiger charge is 2.29. The Morgan fingerprint density at radius 2 is 1.82 bits per heavy atom. The number of aromatic nitrogens is 2. The van der Waals surface area contributed by atoms with Gasteiger partial charge in [0, 0.05) is 10.6 Å². The summed E-state index contributed by atoms with van der Waals surface area (Å²) in [5.74, 6) is 1.05. The number of rotatable bonds is 5. The Kier molecular flexibility index (Phi) is 6.48. The van der Waals surface area contributed by atoms with Crippen molar-refractivity contribution in [2.75, 3.05) is 0 Å². The van der Waals surface area contributed by atoms with E-state index in [4.69, 9.17) is 21.0 Å². The lowest BCUT2D eigenvalue weighted by Gasteiger charge is -2.33. The van der Waals surface area contributed by atoms with Gasteiger partial charge in [-0.25, -0.2) is 9.78 Å². The van der Waals surface area contributed by atoms with E-state index < -0.39 is 11.6 Å². The highest BCUT2D eigenvalue weighted by Crippen LogP contribution is 2.26. The maximum Gasteiger partial charge on any atom is 0.318 e. The zero-order valence-electron chi connectivity index (χ0n) is 19.6. The summed E-state index contributed by atoms with van der Waals surface area (Å²) in [5, 5.41) is 4.06. The summed E-state index contributed by atoms with van der Waals surface area (Å²) in [5.41, 5.74) is 0.506. The lowest BCUT2D eigenvalue weighted by molar-refractivity contribution is 0.158. The Labute approximate surface area is 203 Å². The minimum absolute atomic E-state index is 0.208. The number of carbonyl (C=O) groups excluding carboxylic acids is 1. The molecule has 0 spiro atoms. The van der Waals surface area contributed by atoms with Crippen molar-refractivity contribution < 1.29 is 9.21 Å². The molecule has 0 aliphatic carbocycles. The van der Waals surface area contributed by atoms with E-state index >= 15 is 0 Å². The molecule has 0 saturated heterocycles. The average Bonchev–Trinajstić information content (AvgIpc) is 3.30. The van der Waals surface area contributed by atoms with E-state index in [0.29, 0.717) is 33.2 Å². The second-order valence-corrected chi connectivity index (χ2v) is 9.60. The Hall–Kier alpha value is -3.58. The van der Waals surface area contributed by atoms with Gasteiger partial charge in [-0.1, -0.05) is 23.7 Å². The van der Waals surface area contributed by atoms with E-state index in [9.17, 15) is 9.59 Å². The molecule has 0 aliphatic rings. The van der Waals surface area contributed by atoms with Crippen LogP contribution in [0.25, 0.3) is 16.6 Å². The summed E-state index contributed by atoms with van der Waals surface area (Å²) in [7, 11) is 0. The Bertz CT molecular complexity index is 1360. The zero-order valence-corrected chi connectivity index (χ0v) is 20.3. The number of carbonyl (C=O) groups is 1. The summed E-state index contributed by atoms with van der Waals surface area (Å²) < 4.78 is 7.07. The summed E-state index contributed by atoms with van der Waals surface area (Å²) in [4.78, 5) is 33.5. The number of para-hydroxylation sites is 1. The first kappa shape index (κ1) is 23.6. The topological polar surface area (TPSA) is 80.4 Å². The molecule has 0 fully saturated rings. The van der Waals surface area contributed by atoms with Crippen molar-refractivity contribution in [3.8, 4) is 5.69 Å². The number of furan rings is 1. The van der Waals surface area contributed by atoms with Crippen molar-refractivity contribution in [1.82, 2.24) is 19.8 Å².